The van der Waals surface area contributed by atoms with Crippen molar-refractivity contribution < 1.29 is 18.9 Å². The van der Waals surface area contributed by atoms with E-state index in [0.717, 1.165) is 6.54 Å². The molecular weight excluding hydrogens is 153 g/mol. The zero-order valence-corrected chi connectivity index (χ0v) is 8.40. The van der Waals surface area contributed by atoms with Crippen LogP contribution in [-0.2, 0) is 0 Å². The number of nitrogens with zero attached hydrogens (tertiary/aromatic N) is 1. The molecule has 0 saturated carbocycles. The molecule has 0 heterocycles. The number of rotatable bonds is 4. The van der Waals surface area contributed by atoms with Crippen LogP contribution in [0.5, 0.6) is 0 Å². The molecule has 0 saturated heterocycles. The van der Waals surface area contributed by atoms with Crippen LogP contribution in [0.3, 0.4) is 0 Å². The summed E-state index contributed by atoms with van der Waals surface area (Å²) in [6.45, 7) is 6.46. The second-order valence-electron chi connectivity index (χ2n) is 2.74. The third kappa shape index (κ3) is 4.33. The summed E-state index contributed by atoms with van der Waals surface area (Å²) in [5.41, 5.74) is 1.26. The van der Waals surface area contributed by atoms with Gasteiger partial charge in [0.05, 0.1) is 0 Å². The molecule has 13 heavy (non-hydrogen) atoms. The summed E-state index contributed by atoms with van der Waals surface area (Å²) in [6.07, 6.45) is 1.82. The number of hydrogen-bond acceptors (Lipinski definition) is 0. The molecular formula is C11H14LiN. The van der Waals surface area contributed by atoms with E-state index in [9.17, 15) is 0 Å². The Morgan fingerprint density at radius 3 is 2.54 bits per heavy atom. The predicted molar refractivity (Wildman–Crippen MR) is 53.3 cm³/mol. The maximum atomic E-state index is 4.39. The summed E-state index contributed by atoms with van der Waals surface area (Å²) in [4.78, 5) is 0. The van der Waals surface area contributed by atoms with Crippen LogP contribution in [0.15, 0.2) is 43.0 Å². The molecule has 0 bridgehead atoms. The van der Waals surface area contributed by atoms with Crippen molar-refractivity contribution in [2.45, 2.75) is 13.0 Å². The molecule has 0 unspecified atom stereocenters. The van der Waals surface area contributed by atoms with Crippen molar-refractivity contribution in [3.05, 3.63) is 53.9 Å². The first-order valence-electron chi connectivity index (χ1n) is 4.17. The smallest absolute Gasteiger partial charge is 0.653 e. The van der Waals surface area contributed by atoms with Crippen LogP contribution in [0, 0.1) is 0 Å². The first kappa shape index (κ1) is 12.5. The maximum Gasteiger partial charge on any atom is 1.00 e. The molecule has 0 radical (unpaired) electrons. The molecule has 0 aliphatic heterocycles. The van der Waals surface area contributed by atoms with Gasteiger partial charge in [-0.15, -0.1) is 25.2 Å². The first-order chi connectivity index (χ1) is 5.84. The van der Waals surface area contributed by atoms with Gasteiger partial charge in [-0.05, 0) is 0 Å². The van der Waals surface area contributed by atoms with Gasteiger partial charge in [0, 0.05) is 0 Å². The summed E-state index contributed by atoms with van der Waals surface area (Å²) in [5, 5.41) is 4.39. The molecule has 0 aromatic heterocycles. The molecule has 2 heteroatoms. The van der Waals surface area contributed by atoms with Gasteiger partial charge >= 0.3 is 18.9 Å². The molecule has 1 aromatic rings. The van der Waals surface area contributed by atoms with E-state index in [2.05, 4.69) is 31.0 Å². The van der Waals surface area contributed by atoms with E-state index in [1.54, 1.807) is 0 Å². The predicted octanol–water partition coefficient (Wildman–Crippen LogP) is 0.311. The topological polar surface area (TPSA) is 14.1 Å². The van der Waals surface area contributed by atoms with Crippen LogP contribution in [-0.4, -0.2) is 6.54 Å². The van der Waals surface area contributed by atoms with E-state index >= 15 is 0 Å². The van der Waals surface area contributed by atoms with E-state index in [1.165, 1.54) is 5.56 Å². The van der Waals surface area contributed by atoms with E-state index in [0.29, 0.717) is 0 Å². The molecule has 0 fully saturated rings. The van der Waals surface area contributed by atoms with Gasteiger partial charge in [-0.2, -0.15) is 0 Å². The molecule has 0 amide bonds. The quantitative estimate of drug-likeness (QED) is 0.452. The van der Waals surface area contributed by atoms with Crippen molar-refractivity contribution in [3.8, 4) is 0 Å². The van der Waals surface area contributed by atoms with E-state index in [1.807, 2.05) is 24.3 Å². The fraction of sp³-hybridized carbons (Fsp3) is 0.273. The van der Waals surface area contributed by atoms with E-state index < -0.39 is 0 Å². The van der Waals surface area contributed by atoms with Gasteiger partial charge < -0.3 is 5.32 Å². The van der Waals surface area contributed by atoms with Crippen LogP contribution < -0.4 is 18.9 Å². The Bertz CT molecular complexity index is 233. The summed E-state index contributed by atoms with van der Waals surface area (Å²) >= 11 is 0. The largest absolute Gasteiger partial charge is 1.00 e. The fourth-order valence-corrected chi connectivity index (χ4v) is 1.07. The normalized spacial score (nSPS) is 11.5. The van der Waals surface area contributed by atoms with Gasteiger partial charge in [-0.25, -0.2) is 0 Å². The minimum atomic E-state index is 0. The zero-order valence-electron chi connectivity index (χ0n) is 8.40. The van der Waals surface area contributed by atoms with Crippen molar-refractivity contribution in [3.63, 3.8) is 0 Å². The Labute approximate surface area is 92.4 Å². The standard InChI is InChI=1S/C11H14N.Li/c1-3-9-12-10(2)11-7-5-4-6-8-11;/h3-8,10H,1,9H2,2H3;/q-1;+1/t10-;/m0./s1. The third-order valence-electron chi connectivity index (χ3n) is 1.79. The van der Waals surface area contributed by atoms with E-state index in [-0.39, 0.29) is 24.9 Å². The van der Waals surface area contributed by atoms with Crippen LogP contribution in [0.1, 0.15) is 18.5 Å². The second kappa shape index (κ2) is 6.97. The van der Waals surface area contributed by atoms with Crippen molar-refractivity contribution >= 4 is 0 Å². The minimum Gasteiger partial charge on any atom is -0.653 e. The molecule has 0 spiro atoms. The van der Waals surface area contributed by atoms with Crippen LogP contribution in [0.2, 0.25) is 0 Å². The SMILES string of the molecule is C=CC[N-][C@@H](C)c1ccccc1.[Li+]. The number of hydrogen-bond donors (Lipinski definition) is 0. The molecule has 1 aromatic carbocycles. The van der Waals surface area contributed by atoms with Crippen LogP contribution in [0.25, 0.3) is 5.32 Å². The zero-order chi connectivity index (χ0) is 8.81. The fourth-order valence-electron chi connectivity index (χ4n) is 1.07. The van der Waals surface area contributed by atoms with Crippen molar-refractivity contribution in [2.75, 3.05) is 6.54 Å². The third-order valence-corrected chi connectivity index (χ3v) is 1.79. The molecule has 1 rings (SSSR count). The molecule has 0 N–H and O–H groups in total. The maximum absolute atomic E-state index is 4.39. The Kier molecular flexibility index (Phi) is 6.71. The van der Waals surface area contributed by atoms with E-state index in [4.69, 9.17) is 0 Å². The molecule has 0 aliphatic carbocycles. The number of benzene rings is 1. The summed E-state index contributed by atoms with van der Waals surface area (Å²) in [7, 11) is 0. The van der Waals surface area contributed by atoms with Crippen LogP contribution >= 0.6 is 0 Å². The monoisotopic (exact) mass is 167 g/mol. The Morgan fingerprint density at radius 1 is 1.38 bits per heavy atom. The van der Waals surface area contributed by atoms with Gasteiger partial charge in [0.15, 0.2) is 0 Å². The average Bonchev–Trinajstić information content (AvgIpc) is 2.15. The van der Waals surface area contributed by atoms with Gasteiger partial charge in [0.1, 0.15) is 0 Å². The summed E-state index contributed by atoms with van der Waals surface area (Å²) in [5.74, 6) is 0. The first-order valence-corrected chi connectivity index (χ1v) is 4.17. The van der Waals surface area contributed by atoms with Gasteiger partial charge in [0.2, 0.25) is 0 Å². The Balaban J connectivity index is 0.00000144. The summed E-state index contributed by atoms with van der Waals surface area (Å²) in [6, 6.07) is 10.6. The van der Waals surface area contributed by atoms with Crippen molar-refractivity contribution in [2.24, 2.45) is 0 Å². The molecule has 1 atom stereocenters. The van der Waals surface area contributed by atoms with Crippen molar-refractivity contribution in [1.29, 1.82) is 0 Å². The van der Waals surface area contributed by atoms with Gasteiger partial charge in [-0.3, -0.25) is 0 Å². The molecule has 0 aliphatic rings. The van der Waals surface area contributed by atoms with Gasteiger partial charge in [-0.1, -0.05) is 42.8 Å². The molecule has 1 nitrogen and oxygen atoms in total. The van der Waals surface area contributed by atoms with Gasteiger partial charge in [0.25, 0.3) is 0 Å². The minimum absolute atomic E-state index is 0. The van der Waals surface area contributed by atoms with Crippen molar-refractivity contribution in [1.82, 2.24) is 0 Å². The molecule has 64 valence electrons. The van der Waals surface area contributed by atoms with Crippen LogP contribution in [0.4, 0.5) is 0 Å². The Morgan fingerprint density at radius 2 is 2.00 bits per heavy atom. The second-order valence-corrected chi connectivity index (χ2v) is 2.74. The Hall–Kier alpha value is -0.483. The summed E-state index contributed by atoms with van der Waals surface area (Å²) < 4.78 is 0. The average molecular weight is 167 g/mol.